The van der Waals surface area contributed by atoms with Crippen LogP contribution in [0.2, 0.25) is 0 Å². The predicted molar refractivity (Wildman–Crippen MR) is 117 cm³/mol. The van der Waals surface area contributed by atoms with Crippen LogP contribution in [-0.4, -0.2) is 56.3 Å². The summed E-state index contributed by atoms with van der Waals surface area (Å²) in [7, 11) is 3.74. The van der Waals surface area contributed by atoms with Crippen LogP contribution < -0.4 is 10.1 Å². The zero-order valence-electron chi connectivity index (χ0n) is 16.7. The monoisotopic (exact) mass is 476 g/mol. The van der Waals surface area contributed by atoms with E-state index in [9.17, 15) is 0 Å². The van der Waals surface area contributed by atoms with E-state index in [2.05, 4.69) is 22.1 Å². The molecule has 148 valence electrons. The quantitative estimate of drug-likeness (QED) is 0.257. The van der Waals surface area contributed by atoms with Crippen LogP contribution in [0.5, 0.6) is 5.75 Å². The Bertz CT molecular complexity index is 591. The topological polar surface area (TPSA) is 59.0 Å². The molecule has 0 radical (unpaired) electrons. The van der Waals surface area contributed by atoms with Crippen LogP contribution in [-0.2, 0) is 11.3 Å². The molecule has 1 aromatic rings. The van der Waals surface area contributed by atoms with Gasteiger partial charge in [-0.3, -0.25) is 4.98 Å². The number of halogens is 1. The molecule has 26 heavy (non-hydrogen) atoms. The average Bonchev–Trinajstić information content (AvgIpc) is 3.41. The fourth-order valence-electron chi connectivity index (χ4n) is 2.69. The molecule has 0 spiro atoms. The van der Waals surface area contributed by atoms with Crippen molar-refractivity contribution in [3.05, 3.63) is 23.0 Å². The lowest BCUT2D eigenvalue weighted by Gasteiger charge is -2.22. The SMILES string of the molecule is CCNC(=NCc1ncc(C)c(OC)c1C)N(C)CCOCC1CC1.I. The molecular weight excluding hydrogens is 443 g/mol. The van der Waals surface area contributed by atoms with Crippen LogP contribution in [0.25, 0.3) is 0 Å². The summed E-state index contributed by atoms with van der Waals surface area (Å²) in [5.74, 6) is 2.57. The second kappa shape index (κ2) is 11.6. The fraction of sp³-hybridized carbons (Fsp3) is 0.684. The molecule has 1 aliphatic rings. The Kier molecular flexibility index (Phi) is 10.2. The summed E-state index contributed by atoms with van der Waals surface area (Å²) in [4.78, 5) is 11.4. The first-order chi connectivity index (χ1) is 12.1. The van der Waals surface area contributed by atoms with Crippen molar-refractivity contribution in [2.75, 3.05) is 40.5 Å². The summed E-state index contributed by atoms with van der Waals surface area (Å²) in [6.45, 7) is 9.92. The van der Waals surface area contributed by atoms with E-state index in [1.807, 2.05) is 27.1 Å². The number of nitrogens with zero attached hydrogens (tertiary/aromatic N) is 3. The lowest BCUT2D eigenvalue weighted by molar-refractivity contribution is 0.115. The number of ether oxygens (including phenoxy) is 2. The minimum Gasteiger partial charge on any atom is -0.496 e. The van der Waals surface area contributed by atoms with Crippen molar-refractivity contribution >= 4 is 29.9 Å². The highest BCUT2D eigenvalue weighted by Gasteiger charge is 2.21. The number of guanidine groups is 1. The van der Waals surface area contributed by atoms with Gasteiger partial charge < -0.3 is 19.7 Å². The molecule has 0 bridgehead atoms. The maximum atomic E-state index is 5.73. The number of likely N-dealkylation sites (N-methyl/N-ethyl adjacent to an activating group) is 1. The summed E-state index contributed by atoms with van der Waals surface area (Å²) in [5.41, 5.74) is 3.04. The maximum Gasteiger partial charge on any atom is 0.194 e. The van der Waals surface area contributed by atoms with Gasteiger partial charge in [0.15, 0.2) is 5.96 Å². The van der Waals surface area contributed by atoms with Crippen LogP contribution in [0, 0.1) is 19.8 Å². The third kappa shape index (κ3) is 6.90. The number of aromatic nitrogens is 1. The smallest absolute Gasteiger partial charge is 0.194 e. The molecule has 1 aromatic heterocycles. The summed E-state index contributed by atoms with van der Waals surface area (Å²) in [6, 6.07) is 0. The van der Waals surface area contributed by atoms with E-state index in [4.69, 9.17) is 14.5 Å². The lowest BCUT2D eigenvalue weighted by Crippen LogP contribution is -2.40. The van der Waals surface area contributed by atoms with Gasteiger partial charge in [-0.05, 0) is 39.5 Å². The number of hydrogen-bond acceptors (Lipinski definition) is 4. The molecule has 0 amide bonds. The van der Waals surface area contributed by atoms with Crippen molar-refractivity contribution in [1.29, 1.82) is 0 Å². The van der Waals surface area contributed by atoms with Crippen molar-refractivity contribution in [2.24, 2.45) is 10.9 Å². The number of pyridine rings is 1. The van der Waals surface area contributed by atoms with Gasteiger partial charge in [-0.15, -0.1) is 24.0 Å². The molecule has 1 heterocycles. The molecule has 2 rings (SSSR count). The van der Waals surface area contributed by atoms with Gasteiger partial charge >= 0.3 is 0 Å². The van der Waals surface area contributed by atoms with Gasteiger partial charge in [0, 0.05) is 44.1 Å². The molecule has 0 aromatic carbocycles. The van der Waals surface area contributed by atoms with Crippen molar-refractivity contribution in [3.63, 3.8) is 0 Å². The zero-order valence-corrected chi connectivity index (χ0v) is 19.0. The summed E-state index contributed by atoms with van der Waals surface area (Å²) in [5, 5.41) is 3.34. The fourth-order valence-corrected chi connectivity index (χ4v) is 2.69. The summed E-state index contributed by atoms with van der Waals surface area (Å²) >= 11 is 0. The Morgan fingerprint density at radius 2 is 2.12 bits per heavy atom. The van der Waals surface area contributed by atoms with Gasteiger partial charge in [0.05, 0.1) is 26.0 Å². The van der Waals surface area contributed by atoms with Gasteiger partial charge in [-0.1, -0.05) is 0 Å². The zero-order chi connectivity index (χ0) is 18.2. The van der Waals surface area contributed by atoms with Gasteiger partial charge in [0.25, 0.3) is 0 Å². The highest BCUT2D eigenvalue weighted by molar-refractivity contribution is 14.0. The van der Waals surface area contributed by atoms with Gasteiger partial charge in [0.1, 0.15) is 5.75 Å². The summed E-state index contributed by atoms with van der Waals surface area (Å²) < 4.78 is 11.2. The first kappa shape index (κ1) is 23.0. The molecule has 0 aliphatic heterocycles. The van der Waals surface area contributed by atoms with E-state index in [1.165, 1.54) is 12.8 Å². The molecule has 0 unspecified atom stereocenters. The van der Waals surface area contributed by atoms with E-state index >= 15 is 0 Å². The van der Waals surface area contributed by atoms with E-state index in [0.29, 0.717) is 6.54 Å². The second-order valence-electron chi connectivity index (χ2n) is 6.66. The van der Waals surface area contributed by atoms with Crippen molar-refractivity contribution < 1.29 is 9.47 Å². The number of hydrogen-bond donors (Lipinski definition) is 1. The standard InChI is InChI=1S/C19H32N4O2.HI/c1-6-20-19(23(4)9-10-25-13-16-7-8-16)22-12-17-15(3)18(24-5)14(2)11-21-17;/h11,16H,6-10,12-13H2,1-5H3,(H,20,22);1H. The van der Waals surface area contributed by atoms with Crippen molar-refractivity contribution in [1.82, 2.24) is 15.2 Å². The minimum atomic E-state index is 0. The first-order valence-corrected chi connectivity index (χ1v) is 9.13. The van der Waals surface area contributed by atoms with E-state index in [0.717, 1.165) is 60.8 Å². The van der Waals surface area contributed by atoms with Crippen LogP contribution >= 0.6 is 24.0 Å². The number of aryl methyl sites for hydroxylation is 1. The Hall–Kier alpha value is -1.09. The Balaban J connectivity index is 0.00000338. The predicted octanol–water partition coefficient (Wildman–Crippen LogP) is 3.15. The van der Waals surface area contributed by atoms with Crippen LogP contribution in [0.1, 0.15) is 36.6 Å². The third-order valence-corrected chi connectivity index (χ3v) is 4.45. The lowest BCUT2D eigenvalue weighted by atomic mass is 10.1. The highest BCUT2D eigenvalue weighted by Crippen LogP contribution is 2.28. The normalized spacial score (nSPS) is 14.0. The van der Waals surface area contributed by atoms with E-state index in [-0.39, 0.29) is 24.0 Å². The highest BCUT2D eigenvalue weighted by atomic mass is 127. The number of aliphatic imine (C=N–C) groups is 1. The molecule has 0 saturated heterocycles. The number of rotatable bonds is 9. The molecule has 1 aliphatic carbocycles. The van der Waals surface area contributed by atoms with Crippen LogP contribution in [0.4, 0.5) is 0 Å². The second-order valence-corrected chi connectivity index (χ2v) is 6.66. The van der Waals surface area contributed by atoms with Gasteiger partial charge in [-0.25, -0.2) is 4.99 Å². The number of methoxy groups -OCH3 is 1. The minimum absolute atomic E-state index is 0. The van der Waals surface area contributed by atoms with E-state index in [1.54, 1.807) is 7.11 Å². The van der Waals surface area contributed by atoms with Crippen molar-refractivity contribution in [2.45, 2.75) is 40.2 Å². The summed E-state index contributed by atoms with van der Waals surface area (Å²) in [6.07, 6.45) is 4.50. The molecule has 1 N–H and O–H groups in total. The maximum absolute atomic E-state index is 5.73. The molecule has 0 atom stereocenters. The third-order valence-electron chi connectivity index (χ3n) is 4.45. The first-order valence-electron chi connectivity index (χ1n) is 9.13. The van der Waals surface area contributed by atoms with Gasteiger partial charge in [-0.2, -0.15) is 0 Å². The van der Waals surface area contributed by atoms with Crippen LogP contribution in [0.15, 0.2) is 11.2 Å². The molecular formula is C19H33IN4O2. The molecule has 6 nitrogen and oxygen atoms in total. The van der Waals surface area contributed by atoms with Crippen LogP contribution in [0.3, 0.4) is 0 Å². The van der Waals surface area contributed by atoms with Crippen molar-refractivity contribution in [3.8, 4) is 5.75 Å². The molecule has 7 heteroatoms. The van der Waals surface area contributed by atoms with Gasteiger partial charge in [0.2, 0.25) is 0 Å². The number of nitrogens with one attached hydrogen (secondary N) is 1. The Morgan fingerprint density at radius 3 is 2.73 bits per heavy atom. The largest absolute Gasteiger partial charge is 0.496 e. The molecule has 1 fully saturated rings. The Morgan fingerprint density at radius 1 is 1.38 bits per heavy atom. The Labute approximate surface area is 174 Å². The average molecular weight is 476 g/mol. The molecule has 1 saturated carbocycles. The van der Waals surface area contributed by atoms with E-state index < -0.39 is 0 Å².